The summed E-state index contributed by atoms with van der Waals surface area (Å²) in [6, 6.07) is 16.7. The fourth-order valence-corrected chi connectivity index (χ4v) is 3.42. The summed E-state index contributed by atoms with van der Waals surface area (Å²) >= 11 is 6.52. The maximum atomic E-state index is 6.52. The number of hydrogen-bond acceptors (Lipinski definition) is 2. The van der Waals surface area contributed by atoms with E-state index in [0.29, 0.717) is 11.0 Å². The molecule has 4 rings (SSSR count). The van der Waals surface area contributed by atoms with Crippen LogP contribution in [0.3, 0.4) is 0 Å². The minimum atomic E-state index is 0.585. The molecule has 0 atom stereocenters. The first-order valence-corrected chi connectivity index (χ1v) is 8.32. The lowest BCUT2D eigenvalue weighted by Gasteiger charge is -2.12. The Kier molecular flexibility index (Phi) is 3.62. The number of benzene rings is 2. The molecule has 0 amide bonds. The van der Waals surface area contributed by atoms with Crippen molar-refractivity contribution >= 4 is 11.6 Å². The summed E-state index contributed by atoms with van der Waals surface area (Å²) in [5.41, 5.74) is 6.83. The van der Waals surface area contributed by atoms with E-state index in [1.54, 1.807) is 0 Å². The first-order valence-electron chi connectivity index (χ1n) is 7.94. The molecule has 0 spiro atoms. The first kappa shape index (κ1) is 14.4. The number of nitrogens with zero attached hydrogens (tertiary/aromatic N) is 2. The minimum Gasteiger partial charge on any atom is -0.228 e. The van der Waals surface area contributed by atoms with Crippen LogP contribution in [0, 0.1) is 6.92 Å². The van der Waals surface area contributed by atoms with E-state index in [1.807, 2.05) is 0 Å². The maximum absolute atomic E-state index is 6.52. The highest BCUT2D eigenvalue weighted by molar-refractivity contribution is 6.30. The summed E-state index contributed by atoms with van der Waals surface area (Å²) in [4.78, 5) is 9.44. The van der Waals surface area contributed by atoms with Crippen LogP contribution in [0.15, 0.2) is 48.5 Å². The maximum Gasteiger partial charge on any atom is 0.161 e. The van der Waals surface area contributed by atoms with Gasteiger partial charge in [0.15, 0.2) is 5.82 Å². The number of fused-ring (bicyclic) bond motifs is 3. The summed E-state index contributed by atoms with van der Waals surface area (Å²) in [5.74, 6) is 0.699. The summed E-state index contributed by atoms with van der Waals surface area (Å²) < 4.78 is 0. The van der Waals surface area contributed by atoms with E-state index >= 15 is 0 Å². The molecule has 0 aliphatic heterocycles. The molecular weight excluding hydrogens is 304 g/mol. The van der Waals surface area contributed by atoms with Crippen LogP contribution < -0.4 is 0 Å². The molecule has 0 fully saturated rings. The molecule has 3 heteroatoms. The van der Waals surface area contributed by atoms with Gasteiger partial charge in [0, 0.05) is 16.7 Å². The van der Waals surface area contributed by atoms with Gasteiger partial charge in [0.2, 0.25) is 0 Å². The van der Waals surface area contributed by atoms with Crippen molar-refractivity contribution in [2.75, 3.05) is 0 Å². The van der Waals surface area contributed by atoms with Gasteiger partial charge in [-0.05, 0) is 31.7 Å². The van der Waals surface area contributed by atoms with Gasteiger partial charge in [-0.2, -0.15) is 0 Å². The van der Waals surface area contributed by atoms with Crippen LogP contribution in [-0.2, 0) is 12.8 Å². The van der Waals surface area contributed by atoms with Gasteiger partial charge in [-0.25, -0.2) is 9.97 Å². The summed E-state index contributed by atoms with van der Waals surface area (Å²) in [7, 11) is 0. The third kappa shape index (κ3) is 2.64. The lowest BCUT2D eigenvalue weighted by Crippen LogP contribution is -1.99. The fourth-order valence-electron chi connectivity index (χ4n) is 3.16. The highest BCUT2D eigenvalue weighted by Crippen LogP contribution is 2.35. The monoisotopic (exact) mass is 320 g/mol. The number of aromatic nitrogens is 2. The zero-order valence-corrected chi connectivity index (χ0v) is 13.8. The van der Waals surface area contributed by atoms with E-state index in [1.165, 1.54) is 16.7 Å². The molecule has 1 aliphatic rings. The molecule has 0 N–H and O–H groups in total. The second-order valence-electron chi connectivity index (χ2n) is 6.04. The second kappa shape index (κ2) is 5.78. The molecule has 23 heavy (non-hydrogen) atoms. The SMILES string of the molecule is Cc1ccc(-c2nc(Cl)c3c(n2)-c2ccccc2CCC3)cc1. The highest BCUT2D eigenvalue weighted by atomic mass is 35.5. The third-order valence-electron chi connectivity index (χ3n) is 4.41. The smallest absolute Gasteiger partial charge is 0.161 e. The number of rotatable bonds is 1. The van der Waals surface area contributed by atoms with Crippen LogP contribution in [0.1, 0.15) is 23.1 Å². The number of hydrogen-bond donors (Lipinski definition) is 0. The molecule has 114 valence electrons. The molecule has 1 aromatic heterocycles. The lowest BCUT2D eigenvalue weighted by molar-refractivity contribution is 0.829. The molecule has 3 aromatic rings. The predicted molar refractivity (Wildman–Crippen MR) is 94.7 cm³/mol. The minimum absolute atomic E-state index is 0.585. The molecule has 1 heterocycles. The van der Waals surface area contributed by atoms with Gasteiger partial charge >= 0.3 is 0 Å². The van der Waals surface area contributed by atoms with E-state index in [4.69, 9.17) is 16.6 Å². The Bertz CT molecular complexity index is 869. The van der Waals surface area contributed by atoms with Gasteiger partial charge in [-0.15, -0.1) is 0 Å². The van der Waals surface area contributed by atoms with Crippen LogP contribution >= 0.6 is 11.6 Å². The van der Waals surface area contributed by atoms with Crippen molar-refractivity contribution in [3.63, 3.8) is 0 Å². The van der Waals surface area contributed by atoms with Gasteiger partial charge in [0.1, 0.15) is 5.15 Å². The summed E-state index contributed by atoms with van der Waals surface area (Å²) in [6.45, 7) is 2.07. The van der Waals surface area contributed by atoms with Crippen molar-refractivity contribution in [1.82, 2.24) is 9.97 Å². The predicted octanol–water partition coefficient (Wildman–Crippen LogP) is 5.26. The van der Waals surface area contributed by atoms with E-state index in [0.717, 1.165) is 36.1 Å². The highest BCUT2D eigenvalue weighted by Gasteiger charge is 2.20. The molecule has 0 radical (unpaired) electrons. The molecule has 1 aliphatic carbocycles. The van der Waals surface area contributed by atoms with E-state index < -0.39 is 0 Å². The van der Waals surface area contributed by atoms with Crippen LogP contribution in [0.4, 0.5) is 0 Å². The van der Waals surface area contributed by atoms with Crippen molar-refractivity contribution in [2.24, 2.45) is 0 Å². The van der Waals surface area contributed by atoms with E-state index in [2.05, 4.69) is 60.4 Å². The molecule has 0 bridgehead atoms. The Morgan fingerprint density at radius 2 is 1.70 bits per heavy atom. The van der Waals surface area contributed by atoms with Crippen molar-refractivity contribution in [1.29, 1.82) is 0 Å². The van der Waals surface area contributed by atoms with Gasteiger partial charge in [-0.3, -0.25) is 0 Å². The molecule has 0 saturated heterocycles. The van der Waals surface area contributed by atoms with Gasteiger partial charge in [0.25, 0.3) is 0 Å². The van der Waals surface area contributed by atoms with E-state index in [9.17, 15) is 0 Å². The van der Waals surface area contributed by atoms with Crippen LogP contribution in [0.5, 0.6) is 0 Å². The largest absolute Gasteiger partial charge is 0.228 e. The Balaban J connectivity index is 1.93. The fraction of sp³-hybridized carbons (Fsp3) is 0.200. The summed E-state index contributed by atoms with van der Waals surface area (Å²) in [6.07, 6.45) is 3.07. The molecule has 0 saturated carbocycles. The average Bonchev–Trinajstić information content (AvgIpc) is 2.75. The Morgan fingerprint density at radius 3 is 2.52 bits per heavy atom. The Morgan fingerprint density at radius 1 is 0.913 bits per heavy atom. The quantitative estimate of drug-likeness (QED) is 0.571. The molecule has 0 unspecified atom stereocenters. The average molecular weight is 321 g/mol. The lowest BCUT2D eigenvalue weighted by atomic mass is 10.0. The van der Waals surface area contributed by atoms with Gasteiger partial charge < -0.3 is 0 Å². The van der Waals surface area contributed by atoms with Crippen molar-refractivity contribution < 1.29 is 0 Å². The molecular formula is C20H17ClN2. The molecule has 2 aromatic carbocycles. The van der Waals surface area contributed by atoms with Crippen molar-refractivity contribution in [2.45, 2.75) is 26.2 Å². The topological polar surface area (TPSA) is 25.8 Å². The Hall–Kier alpha value is -2.19. The zero-order valence-electron chi connectivity index (χ0n) is 13.0. The van der Waals surface area contributed by atoms with Crippen LogP contribution in [0.25, 0.3) is 22.6 Å². The van der Waals surface area contributed by atoms with Crippen LogP contribution in [0.2, 0.25) is 5.15 Å². The zero-order chi connectivity index (χ0) is 15.8. The molecule has 2 nitrogen and oxygen atoms in total. The number of halogens is 1. The second-order valence-corrected chi connectivity index (χ2v) is 6.40. The van der Waals surface area contributed by atoms with Crippen molar-refractivity contribution in [3.05, 3.63) is 70.4 Å². The first-order chi connectivity index (χ1) is 11.2. The Labute approximate surface area is 141 Å². The summed E-state index contributed by atoms with van der Waals surface area (Å²) in [5, 5.41) is 0.585. The van der Waals surface area contributed by atoms with Crippen molar-refractivity contribution in [3.8, 4) is 22.6 Å². The standard InChI is InChI=1S/C20H17ClN2/c1-13-9-11-15(12-10-13)20-22-18-16-7-3-2-5-14(16)6-4-8-17(18)19(21)23-20/h2-3,5,7,9-12H,4,6,8H2,1H3. The normalized spacial score (nSPS) is 13.1. The third-order valence-corrected chi connectivity index (χ3v) is 4.72. The van der Waals surface area contributed by atoms with Gasteiger partial charge in [0.05, 0.1) is 5.69 Å². The van der Waals surface area contributed by atoms with E-state index in [-0.39, 0.29) is 0 Å². The number of aryl methyl sites for hydroxylation is 2. The van der Waals surface area contributed by atoms with Gasteiger partial charge in [-0.1, -0.05) is 65.7 Å². The van der Waals surface area contributed by atoms with Crippen LogP contribution in [-0.4, -0.2) is 9.97 Å².